The third kappa shape index (κ3) is 30.3. The highest BCUT2D eigenvalue weighted by Crippen LogP contribution is 2.25. The first-order chi connectivity index (χ1) is 44.1. The van der Waals surface area contributed by atoms with Crippen LogP contribution in [0.1, 0.15) is 131 Å². The summed E-state index contributed by atoms with van der Waals surface area (Å²) in [6.45, 7) is 2.89. The molecule has 25 nitrogen and oxygen atoms in total. The normalized spacial score (nSPS) is 10.4. The summed E-state index contributed by atoms with van der Waals surface area (Å²) in [6, 6.07) is 37.0. The summed E-state index contributed by atoms with van der Waals surface area (Å²) in [7, 11) is 0. The predicted molar refractivity (Wildman–Crippen MR) is 349 cm³/mol. The van der Waals surface area contributed by atoms with Gasteiger partial charge in [0.25, 0.3) is 5.91 Å². The minimum absolute atomic E-state index is 0.0163. The Balaban J connectivity index is 0.000000283. The highest BCUT2D eigenvalue weighted by molar-refractivity contribution is 7.80. The van der Waals surface area contributed by atoms with Crippen molar-refractivity contribution in [3.8, 4) is 17.1 Å². The largest absolute Gasteiger partial charge is 0.507 e. The molecule has 5 aromatic heterocycles. The van der Waals surface area contributed by atoms with E-state index in [9.17, 15) is 49.5 Å². The molecule has 26 heteroatoms. The molecule has 2 aromatic carbocycles. The van der Waals surface area contributed by atoms with Crippen LogP contribution in [0.2, 0.25) is 0 Å². The monoisotopic (exact) mass is 1260 g/mol. The van der Waals surface area contributed by atoms with Crippen molar-refractivity contribution in [3.63, 3.8) is 0 Å². The molecule has 0 saturated carbocycles. The Morgan fingerprint density at radius 2 is 1.09 bits per heavy atom. The van der Waals surface area contributed by atoms with Crippen molar-refractivity contribution >= 4 is 75.3 Å². The van der Waals surface area contributed by atoms with E-state index in [0.717, 1.165) is 47.8 Å². The van der Waals surface area contributed by atoms with E-state index in [1.54, 1.807) is 43.0 Å². The number of benzene rings is 2. The second kappa shape index (κ2) is 43.7. The SMILES string of the molecule is CC(=O)N(O)CCCCCNC(=O)CCC(=O)N(O)CCCCCCC(=O)CCC(=O)N(O)CCCCCN.NC(=S)NN=C(c1ccccn1)c1ccccn1.O=C(N/N=C/c1c(O)ccc2ccccc12)c1ccncc1.c1ccc(-c2ccccn2)nc1. The summed E-state index contributed by atoms with van der Waals surface area (Å²) in [4.78, 5) is 91.1. The number of hydrazone groups is 2. The van der Waals surface area contributed by atoms with Crippen molar-refractivity contribution in [2.45, 2.75) is 103 Å². The van der Waals surface area contributed by atoms with Crippen LogP contribution in [0.4, 0.5) is 0 Å². The first kappa shape index (κ1) is 73.6. The molecule has 7 aromatic rings. The summed E-state index contributed by atoms with van der Waals surface area (Å²) in [5.74, 6) is -1.96. The molecule has 0 atom stereocenters. The molecule has 5 heterocycles. The highest BCUT2D eigenvalue weighted by atomic mass is 32.1. The van der Waals surface area contributed by atoms with Gasteiger partial charge in [-0.15, -0.1) is 0 Å². The average molecular weight is 1260 g/mol. The molecule has 0 radical (unpaired) electrons. The van der Waals surface area contributed by atoms with E-state index in [1.807, 2.05) is 103 Å². The van der Waals surface area contributed by atoms with Gasteiger partial charge in [-0.3, -0.25) is 74.7 Å². The van der Waals surface area contributed by atoms with Crippen LogP contribution < -0.4 is 27.6 Å². The van der Waals surface area contributed by atoms with Crippen LogP contribution in [0.5, 0.6) is 5.75 Å². The summed E-state index contributed by atoms with van der Waals surface area (Å²) < 4.78 is 0. The number of aromatic nitrogens is 5. The lowest BCUT2D eigenvalue weighted by atomic mass is 10.0. The number of nitrogens with zero attached hydrogens (tertiary/aromatic N) is 10. The molecule has 482 valence electrons. The van der Waals surface area contributed by atoms with Crippen LogP contribution in [0.3, 0.4) is 0 Å². The van der Waals surface area contributed by atoms with Gasteiger partial charge < -0.3 is 21.9 Å². The number of rotatable bonds is 31. The molecule has 0 fully saturated rings. The molecular weight excluding hydrogens is 1180 g/mol. The summed E-state index contributed by atoms with van der Waals surface area (Å²) in [5.41, 5.74) is 20.6. The zero-order valence-electron chi connectivity index (χ0n) is 51.0. The Kier molecular flexibility index (Phi) is 35.4. The number of thiocarbonyl (C=S) groups is 1. The van der Waals surface area contributed by atoms with Gasteiger partial charge in [-0.1, -0.05) is 73.9 Å². The number of hydrogen-bond acceptors (Lipinski definition) is 19. The topological polar surface area (TPSA) is 370 Å². The Labute approximate surface area is 534 Å². The van der Waals surface area contributed by atoms with Gasteiger partial charge in [0.2, 0.25) is 23.6 Å². The number of aromatic hydroxyl groups is 1. The Hall–Kier alpha value is -9.86. The van der Waals surface area contributed by atoms with Gasteiger partial charge in [0, 0.05) is 114 Å². The Morgan fingerprint density at radius 3 is 1.64 bits per heavy atom. The fourth-order valence-electron chi connectivity index (χ4n) is 8.19. The first-order valence-electron chi connectivity index (χ1n) is 29.7. The number of Topliss-reactive ketones (excluding diaryl/α,β-unsaturated/α-hetero) is 1. The van der Waals surface area contributed by atoms with Crippen molar-refractivity contribution < 1.29 is 49.5 Å². The standard InChI is InChI=1S/C26H49N5O8.C17H13N3O2.C12H11N5S.C10H8N2/c1-22(32)29(37)19-11-5-8-18-28-24(34)14-16-26(36)31(39)20-9-3-2-6-12-23(33)13-15-25(35)30(38)21-10-4-7-17-27;21-16-6-5-12-3-1-2-4-14(12)15(16)11-19-20-17(22)13-7-9-18-10-8-13;13-12(18)17-16-11(9-5-1-3-7-14-9)10-6-2-4-8-15-10;1-3-7-11-9(5-1)10-6-2-4-8-12-10/h37-39H,2-21,27H2,1H3,(H,28,34);1-11,21H,(H,20,22);1-8H,(H3,13,17,18);1-8H/b;19-11+;;. The molecule has 91 heavy (non-hydrogen) atoms. The smallest absolute Gasteiger partial charge is 0.271 e. The van der Waals surface area contributed by atoms with Gasteiger partial charge in [-0.05, 0) is 141 Å². The fourth-order valence-corrected chi connectivity index (χ4v) is 8.24. The molecule has 0 bridgehead atoms. The summed E-state index contributed by atoms with van der Waals surface area (Å²) in [6.07, 6.45) is 18.7. The molecule has 11 N–H and O–H groups in total. The van der Waals surface area contributed by atoms with Gasteiger partial charge in [0.1, 0.15) is 17.2 Å². The van der Waals surface area contributed by atoms with Crippen LogP contribution in [-0.2, 0) is 24.0 Å². The number of unbranched alkanes of at least 4 members (excludes halogenated alkanes) is 7. The Bertz CT molecular complexity index is 3280. The number of ketones is 1. The van der Waals surface area contributed by atoms with Crippen LogP contribution in [0.15, 0.2) is 169 Å². The number of phenols is 1. The first-order valence-corrected chi connectivity index (χ1v) is 30.1. The maximum Gasteiger partial charge on any atom is 0.271 e. The second-order valence-corrected chi connectivity index (χ2v) is 20.5. The van der Waals surface area contributed by atoms with Gasteiger partial charge >= 0.3 is 0 Å². The summed E-state index contributed by atoms with van der Waals surface area (Å²) >= 11 is 4.73. The van der Waals surface area contributed by atoms with Crippen LogP contribution >= 0.6 is 12.2 Å². The molecule has 0 aliphatic heterocycles. The quantitative estimate of drug-likeness (QED) is 0.00652. The van der Waals surface area contributed by atoms with Crippen molar-refractivity contribution in [1.29, 1.82) is 0 Å². The number of fused-ring (bicyclic) bond motifs is 1. The van der Waals surface area contributed by atoms with Crippen molar-refractivity contribution in [2.75, 3.05) is 32.7 Å². The number of hydroxylamine groups is 6. The number of carbonyl (C=O) groups is 6. The lowest BCUT2D eigenvalue weighted by Gasteiger charge is -2.15. The lowest BCUT2D eigenvalue weighted by Crippen LogP contribution is -2.31. The van der Waals surface area contributed by atoms with Crippen molar-refractivity contribution in [3.05, 3.63) is 181 Å². The van der Waals surface area contributed by atoms with Crippen LogP contribution in [0, 0.1) is 0 Å². The van der Waals surface area contributed by atoms with Gasteiger partial charge in [0.05, 0.1) is 29.0 Å². The lowest BCUT2D eigenvalue weighted by molar-refractivity contribution is -0.166. The van der Waals surface area contributed by atoms with E-state index in [1.165, 1.54) is 25.5 Å². The zero-order valence-corrected chi connectivity index (χ0v) is 51.8. The zero-order chi connectivity index (χ0) is 65.9. The number of hydrogen-bond donors (Lipinski definition) is 9. The van der Waals surface area contributed by atoms with E-state index >= 15 is 0 Å². The van der Waals surface area contributed by atoms with E-state index < -0.39 is 17.7 Å². The maximum atomic E-state index is 12.0. The predicted octanol–water partition coefficient (Wildman–Crippen LogP) is 8.07. The van der Waals surface area contributed by atoms with Crippen LogP contribution in [0.25, 0.3) is 22.2 Å². The van der Waals surface area contributed by atoms with E-state index in [-0.39, 0.29) is 73.8 Å². The minimum Gasteiger partial charge on any atom is -0.507 e. The van der Waals surface area contributed by atoms with Gasteiger partial charge in [0.15, 0.2) is 5.11 Å². The molecular formula is C65H81N15O10S. The van der Waals surface area contributed by atoms with Crippen molar-refractivity contribution in [2.24, 2.45) is 21.7 Å². The number of nitrogens with two attached hydrogens (primary N) is 2. The maximum absolute atomic E-state index is 12.0. The number of nitrogens with one attached hydrogen (secondary N) is 3. The molecule has 0 aliphatic rings. The minimum atomic E-state index is -0.533. The number of carbonyl (C=O) groups excluding carboxylic acids is 6. The summed E-state index contributed by atoms with van der Waals surface area (Å²) in [5, 5.41) is 53.4. The number of amides is 5. The third-order valence-corrected chi connectivity index (χ3v) is 13.2. The third-order valence-electron chi connectivity index (χ3n) is 13.1. The average Bonchev–Trinajstić information content (AvgIpc) is 1.39. The van der Waals surface area contributed by atoms with Gasteiger partial charge in [-0.25, -0.2) is 20.6 Å². The molecule has 0 saturated heterocycles. The fraction of sp³-hybridized carbons (Fsp3) is 0.323. The van der Waals surface area contributed by atoms with Crippen molar-refractivity contribution in [1.82, 2.24) is 56.3 Å². The van der Waals surface area contributed by atoms with Gasteiger partial charge in [-0.2, -0.15) is 10.2 Å². The van der Waals surface area contributed by atoms with Crippen LogP contribution in [-0.4, -0.2) is 146 Å². The second-order valence-electron chi connectivity index (χ2n) is 20.1. The van der Waals surface area contributed by atoms with E-state index in [2.05, 4.69) is 51.3 Å². The Morgan fingerprint density at radius 1 is 0.560 bits per heavy atom. The van der Waals surface area contributed by atoms with E-state index in [0.29, 0.717) is 101 Å². The molecule has 0 spiro atoms. The number of phenolic OH excluding ortho intramolecular Hbond substituents is 1. The molecule has 0 aliphatic carbocycles. The highest BCUT2D eigenvalue weighted by Gasteiger charge is 2.16. The molecule has 5 amide bonds. The number of pyridine rings is 5. The molecule has 0 unspecified atom stereocenters. The molecule has 7 rings (SSSR count). The van der Waals surface area contributed by atoms with E-state index in [4.69, 9.17) is 23.7 Å².